The van der Waals surface area contributed by atoms with Crippen LogP contribution in [0.4, 0.5) is 0 Å². The molecule has 0 spiro atoms. The summed E-state index contributed by atoms with van der Waals surface area (Å²) in [4.78, 5) is 30.0. The van der Waals surface area contributed by atoms with Gasteiger partial charge in [0, 0.05) is 50.0 Å². The average Bonchev–Trinajstić information content (AvgIpc) is 2.84. The Morgan fingerprint density at radius 3 is 2.53 bits per heavy atom. The highest BCUT2D eigenvalue weighted by atomic mass is 35.5. The summed E-state index contributed by atoms with van der Waals surface area (Å²) in [7, 11) is 1.85. The van der Waals surface area contributed by atoms with Crippen LogP contribution in [0.15, 0.2) is 54.6 Å². The Hall–Kier alpha value is -2.53. The molecule has 0 aliphatic carbocycles. The van der Waals surface area contributed by atoms with E-state index in [0.717, 1.165) is 50.0 Å². The van der Waals surface area contributed by atoms with Crippen molar-refractivity contribution in [3.63, 3.8) is 0 Å². The molecule has 2 aromatic carbocycles. The number of hydrogen-bond donors (Lipinski definition) is 0. The van der Waals surface area contributed by atoms with Gasteiger partial charge in [-0.3, -0.25) is 9.59 Å². The lowest BCUT2D eigenvalue weighted by molar-refractivity contribution is -0.141. The summed E-state index contributed by atoms with van der Waals surface area (Å²) < 4.78 is 6.16. The molecule has 1 aliphatic heterocycles. The van der Waals surface area contributed by atoms with Gasteiger partial charge in [0.05, 0.1) is 6.61 Å². The Morgan fingerprint density at radius 1 is 1.09 bits per heavy atom. The number of ether oxygens (including phenoxy) is 1. The first kappa shape index (κ1) is 26.1. The number of unbranched alkanes of at least 4 members (excludes halogenated alkanes) is 2. The number of nitrogens with zero attached hydrogens (tertiary/aromatic N) is 2. The molecular formula is C28H37ClN2O3. The number of likely N-dealkylation sites (tertiary alicyclic amines) is 1. The van der Waals surface area contributed by atoms with Crippen molar-refractivity contribution >= 4 is 23.4 Å². The van der Waals surface area contributed by atoms with Gasteiger partial charge in [0.2, 0.25) is 11.8 Å². The zero-order chi connectivity index (χ0) is 24.4. The standard InChI is InChI=1S/C28H37ClN2O3/c1-3-4-6-12-26(32)31-18-9-17-28(21-31,22-34-25-15-13-24(29)14-16-25)19-27(33)30(2)20-23-10-7-5-8-11-23/h5,7-8,10-11,13-16H,3-4,6,9,12,17-22H2,1-2H3. The van der Waals surface area contributed by atoms with E-state index >= 15 is 0 Å². The van der Waals surface area contributed by atoms with Crippen LogP contribution in [-0.2, 0) is 16.1 Å². The van der Waals surface area contributed by atoms with Crippen molar-refractivity contribution in [1.29, 1.82) is 0 Å². The summed E-state index contributed by atoms with van der Waals surface area (Å²) in [6, 6.07) is 17.3. The Morgan fingerprint density at radius 2 is 1.82 bits per heavy atom. The number of halogens is 1. The second-order valence-corrected chi connectivity index (χ2v) is 9.97. The van der Waals surface area contributed by atoms with Crippen molar-refractivity contribution < 1.29 is 14.3 Å². The van der Waals surface area contributed by atoms with E-state index in [9.17, 15) is 9.59 Å². The largest absolute Gasteiger partial charge is 0.493 e. The first-order chi connectivity index (χ1) is 16.4. The lowest BCUT2D eigenvalue weighted by Gasteiger charge is -2.43. The van der Waals surface area contributed by atoms with Crippen molar-refractivity contribution in [3.8, 4) is 5.75 Å². The van der Waals surface area contributed by atoms with Crippen LogP contribution in [0.5, 0.6) is 5.75 Å². The Balaban J connectivity index is 1.71. The van der Waals surface area contributed by atoms with Crippen LogP contribution in [0.25, 0.3) is 0 Å². The molecule has 2 amide bonds. The maximum Gasteiger partial charge on any atom is 0.223 e. The fourth-order valence-corrected chi connectivity index (χ4v) is 4.71. The van der Waals surface area contributed by atoms with Gasteiger partial charge in [-0.1, -0.05) is 61.7 Å². The predicted octanol–water partition coefficient (Wildman–Crippen LogP) is 5.96. The summed E-state index contributed by atoms with van der Waals surface area (Å²) in [5.41, 5.74) is 0.682. The van der Waals surface area contributed by atoms with Gasteiger partial charge in [0.1, 0.15) is 5.75 Å². The smallest absolute Gasteiger partial charge is 0.223 e. The highest BCUT2D eigenvalue weighted by Gasteiger charge is 2.40. The van der Waals surface area contributed by atoms with Crippen LogP contribution in [0.2, 0.25) is 5.02 Å². The lowest BCUT2D eigenvalue weighted by atomic mass is 9.77. The van der Waals surface area contributed by atoms with Gasteiger partial charge in [0.25, 0.3) is 0 Å². The molecule has 0 saturated carbocycles. The molecule has 0 N–H and O–H groups in total. The fraction of sp³-hybridized carbons (Fsp3) is 0.500. The van der Waals surface area contributed by atoms with Crippen molar-refractivity contribution in [2.24, 2.45) is 5.41 Å². The molecule has 1 heterocycles. The quantitative estimate of drug-likeness (QED) is 0.370. The van der Waals surface area contributed by atoms with E-state index in [1.807, 2.05) is 54.4 Å². The number of benzene rings is 2. The molecule has 1 saturated heterocycles. The minimum Gasteiger partial charge on any atom is -0.493 e. The van der Waals surface area contributed by atoms with Gasteiger partial charge in [-0.2, -0.15) is 0 Å². The molecule has 0 aromatic heterocycles. The SMILES string of the molecule is CCCCCC(=O)N1CCCC(COc2ccc(Cl)cc2)(CC(=O)N(C)Cc2ccccc2)C1. The number of piperidine rings is 1. The average molecular weight is 485 g/mol. The second kappa shape index (κ2) is 12.8. The van der Waals surface area contributed by atoms with Crippen molar-refractivity contribution in [1.82, 2.24) is 9.80 Å². The van der Waals surface area contributed by atoms with Gasteiger partial charge >= 0.3 is 0 Å². The summed E-state index contributed by atoms with van der Waals surface area (Å²) in [5.74, 6) is 0.984. The van der Waals surface area contributed by atoms with E-state index in [1.165, 1.54) is 0 Å². The Kier molecular flexibility index (Phi) is 9.82. The highest BCUT2D eigenvalue weighted by Crippen LogP contribution is 2.36. The molecule has 5 nitrogen and oxygen atoms in total. The van der Waals surface area contributed by atoms with Crippen LogP contribution < -0.4 is 4.74 Å². The fourth-order valence-electron chi connectivity index (χ4n) is 4.59. The minimum absolute atomic E-state index is 0.0730. The molecule has 1 fully saturated rings. The maximum absolute atomic E-state index is 13.3. The van der Waals surface area contributed by atoms with E-state index in [4.69, 9.17) is 16.3 Å². The van der Waals surface area contributed by atoms with Gasteiger partial charge in [-0.25, -0.2) is 0 Å². The molecule has 1 aliphatic rings. The number of hydrogen-bond acceptors (Lipinski definition) is 3. The molecule has 1 unspecified atom stereocenters. The number of rotatable bonds is 11. The molecule has 6 heteroatoms. The molecule has 0 radical (unpaired) electrons. The first-order valence-corrected chi connectivity index (χ1v) is 12.7. The van der Waals surface area contributed by atoms with E-state index in [0.29, 0.717) is 37.6 Å². The number of carbonyl (C=O) groups excluding carboxylic acids is 2. The lowest BCUT2D eigenvalue weighted by Crippen LogP contribution is -2.50. The molecule has 184 valence electrons. The topological polar surface area (TPSA) is 49.9 Å². The van der Waals surface area contributed by atoms with Gasteiger partial charge < -0.3 is 14.5 Å². The maximum atomic E-state index is 13.3. The van der Waals surface area contributed by atoms with Crippen LogP contribution >= 0.6 is 11.6 Å². The van der Waals surface area contributed by atoms with Crippen LogP contribution in [0, 0.1) is 5.41 Å². The molecule has 34 heavy (non-hydrogen) atoms. The van der Waals surface area contributed by atoms with E-state index in [1.54, 1.807) is 17.0 Å². The number of amides is 2. The molecule has 3 rings (SSSR count). The van der Waals surface area contributed by atoms with E-state index in [2.05, 4.69) is 6.92 Å². The second-order valence-electron chi connectivity index (χ2n) is 9.53. The third-order valence-corrected chi connectivity index (χ3v) is 6.83. The zero-order valence-corrected chi connectivity index (χ0v) is 21.2. The van der Waals surface area contributed by atoms with Crippen molar-refractivity contribution in [2.75, 3.05) is 26.7 Å². The van der Waals surface area contributed by atoms with Gasteiger partial charge in [-0.15, -0.1) is 0 Å². The van der Waals surface area contributed by atoms with Crippen molar-refractivity contribution in [2.45, 2.75) is 58.4 Å². The zero-order valence-electron chi connectivity index (χ0n) is 20.5. The van der Waals surface area contributed by atoms with Crippen LogP contribution in [-0.4, -0.2) is 48.4 Å². The van der Waals surface area contributed by atoms with Gasteiger partial charge in [-0.05, 0) is 49.1 Å². The molecule has 2 aromatic rings. The van der Waals surface area contributed by atoms with Gasteiger partial charge in [0.15, 0.2) is 0 Å². The molecule has 0 bridgehead atoms. The highest BCUT2D eigenvalue weighted by molar-refractivity contribution is 6.30. The van der Waals surface area contributed by atoms with Crippen molar-refractivity contribution in [3.05, 3.63) is 65.2 Å². The monoisotopic (exact) mass is 484 g/mol. The van der Waals surface area contributed by atoms with Crippen LogP contribution in [0.3, 0.4) is 0 Å². The summed E-state index contributed by atoms with van der Waals surface area (Å²) in [6.45, 7) is 4.39. The van der Waals surface area contributed by atoms with Crippen LogP contribution in [0.1, 0.15) is 57.4 Å². The van der Waals surface area contributed by atoms with E-state index in [-0.39, 0.29) is 11.8 Å². The first-order valence-electron chi connectivity index (χ1n) is 12.3. The normalized spacial score (nSPS) is 17.9. The predicted molar refractivity (Wildman–Crippen MR) is 137 cm³/mol. The summed E-state index contributed by atoms with van der Waals surface area (Å²) in [5, 5.41) is 0.654. The molecular weight excluding hydrogens is 448 g/mol. The minimum atomic E-state index is -0.416. The third-order valence-electron chi connectivity index (χ3n) is 6.58. The summed E-state index contributed by atoms with van der Waals surface area (Å²) >= 11 is 6.01. The number of carbonyl (C=O) groups is 2. The molecule has 1 atom stereocenters. The Bertz CT molecular complexity index is 919. The summed E-state index contributed by atoms with van der Waals surface area (Å²) in [6.07, 6.45) is 5.72. The Labute approximate surface area is 209 Å². The third kappa shape index (κ3) is 7.76. The van der Waals surface area contributed by atoms with E-state index < -0.39 is 5.41 Å².